The van der Waals surface area contributed by atoms with Crippen LogP contribution in [0.3, 0.4) is 0 Å². The Balaban J connectivity index is 1.91. The number of carbonyl (C=O) groups excluding carboxylic acids is 1. The SMILES string of the molecule is CC(=NNC(=O)c1ccccc1O)c1c(C)[nH]n(-c2ccc(C)c(C)c2)c1=O. The highest BCUT2D eigenvalue weighted by Crippen LogP contribution is 2.16. The highest BCUT2D eigenvalue weighted by atomic mass is 16.3. The van der Waals surface area contributed by atoms with Crippen molar-refractivity contribution in [2.75, 3.05) is 0 Å². The third-order valence-electron chi connectivity index (χ3n) is 4.66. The van der Waals surface area contributed by atoms with Crippen molar-refractivity contribution in [2.24, 2.45) is 5.10 Å². The van der Waals surface area contributed by atoms with Crippen molar-refractivity contribution in [3.63, 3.8) is 0 Å². The molecule has 1 aromatic heterocycles. The number of aromatic amines is 1. The molecule has 0 saturated heterocycles. The maximum atomic E-state index is 12.9. The Morgan fingerprint density at radius 3 is 2.50 bits per heavy atom. The minimum Gasteiger partial charge on any atom is -0.507 e. The number of benzene rings is 2. The number of aromatic hydroxyl groups is 1. The number of H-pyrrole nitrogens is 1. The van der Waals surface area contributed by atoms with E-state index in [9.17, 15) is 14.7 Å². The van der Waals surface area contributed by atoms with E-state index in [1.807, 2.05) is 32.0 Å². The Hall–Kier alpha value is -3.61. The number of aromatic nitrogens is 2. The summed E-state index contributed by atoms with van der Waals surface area (Å²) in [6, 6.07) is 11.9. The minimum absolute atomic E-state index is 0.109. The molecule has 0 fully saturated rings. The van der Waals surface area contributed by atoms with Crippen molar-refractivity contribution in [2.45, 2.75) is 27.7 Å². The van der Waals surface area contributed by atoms with Crippen LogP contribution in [-0.2, 0) is 0 Å². The van der Waals surface area contributed by atoms with E-state index in [1.54, 1.807) is 26.0 Å². The van der Waals surface area contributed by atoms with Crippen molar-refractivity contribution >= 4 is 11.6 Å². The fourth-order valence-electron chi connectivity index (χ4n) is 2.94. The molecular weight excluding hydrogens is 356 g/mol. The number of nitrogens with zero attached hydrogens (tertiary/aromatic N) is 2. The monoisotopic (exact) mass is 378 g/mol. The first-order chi connectivity index (χ1) is 13.3. The molecule has 144 valence electrons. The maximum absolute atomic E-state index is 12.9. The van der Waals surface area contributed by atoms with Gasteiger partial charge in [0.2, 0.25) is 0 Å². The normalized spacial score (nSPS) is 11.5. The molecule has 7 heteroatoms. The van der Waals surface area contributed by atoms with E-state index < -0.39 is 5.91 Å². The van der Waals surface area contributed by atoms with Crippen molar-refractivity contribution in [1.29, 1.82) is 0 Å². The van der Waals surface area contributed by atoms with Gasteiger partial charge >= 0.3 is 0 Å². The smallest absolute Gasteiger partial charge is 0.280 e. The second-order valence-electron chi connectivity index (χ2n) is 6.68. The Kier molecular flexibility index (Phi) is 5.17. The molecule has 0 aliphatic heterocycles. The Labute approximate surface area is 162 Å². The van der Waals surface area contributed by atoms with Crippen LogP contribution >= 0.6 is 0 Å². The highest BCUT2D eigenvalue weighted by molar-refractivity contribution is 6.02. The van der Waals surface area contributed by atoms with Crippen LogP contribution in [0.1, 0.15) is 39.7 Å². The second-order valence-corrected chi connectivity index (χ2v) is 6.68. The number of phenols is 1. The van der Waals surface area contributed by atoms with E-state index in [1.165, 1.54) is 16.8 Å². The van der Waals surface area contributed by atoms with Crippen LogP contribution in [0.25, 0.3) is 5.69 Å². The first-order valence-electron chi connectivity index (χ1n) is 8.82. The average Bonchev–Trinajstić information content (AvgIpc) is 2.96. The number of aryl methyl sites for hydroxylation is 3. The van der Waals surface area contributed by atoms with Crippen molar-refractivity contribution in [3.8, 4) is 11.4 Å². The lowest BCUT2D eigenvalue weighted by Gasteiger charge is -2.05. The number of hydrogen-bond donors (Lipinski definition) is 3. The van der Waals surface area contributed by atoms with Gasteiger partial charge in [-0.25, -0.2) is 10.1 Å². The molecule has 3 N–H and O–H groups in total. The number of rotatable bonds is 4. The standard InChI is InChI=1S/C21H22N4O3/c1-12-9-10-16(11-13(12)2)25-21(28)19(15(4)24-25)14(3)22-23-20(27)17-7-5-6-8-18(17)26/h5-11,24,26H,1-4H3,(H,23,27). The van der Waals surface area contributed by atoms with Crippen molar-refractivity contribution in [3.05, 3.63) is 80.8 Å². The molecule has 0 unspecified atom stereocenters. The molecule has 0 atom stereocenters. The van der Waals surface area contributed by atoms with Gasteiger partial charge in [-0.2, -0.15) is 5.10 Å². The van der Waals surface area contributed by atoms with Crippen LogP contribution in [0.15, 0.2) is 52.4 Å². The van der Waals surface area contributed by atoms with Gasteiger partial charge in [0.15, 0.2) is 0 Å². The summed E-state index contributed by atoms with van der Waals surface area (Å²) in [4.78, 5) is 25.1. The van der Waals surface area contributed by atoms with Crippen LogP contribution in [0.5, 0.6) is 5.75 Å². The van der Waals surface area contributed by atoms with Crippen LogP contribution in [0, 0.1) is 20.8 Å². The molecule has 7 nitrogen and oxygen atoms in total. The van der Waals surface area contributed by atoms with Crippen molar-refractivity contribution in [1.82, 2.24) is 15.2 Å². The third kappa shape index (κ3) is 3.59. The average molecular weight is 378 g/mol. The molecule has 0 saturated carbocycles. The molecule has 0 spiro atoms. The van der Waals surface area contributed by atoms with Crippen LogP contribution < -0.4 is 11.0 Å². The number of nitrogens with one attached hydrogen (secondary N) is 2. The summed E-state index contributed by atoms with van der Waals surface area (Å²) in [5.41, 5.74) is 6.59. The molecule has 0 bridgehead atoms. The van der Waals surface area contributed by atoms with Crippen molar-refractivity contribution < 1.29 is 9.90 Å². The predicted molar refractivity (Wildman–Crippen MR) is 108 cm³/mol. The second kappa shape index (κ2) is 7.56. The fourth-order valence-corrected chi connectivity index (χ4v) is 2.94. The van der Waals surface area contributed by atoms with Gasteiger partial charge in [0.05, 0.1) is 22.5 Å². The molecule has 1 amide bonds. The first-order valence-corrected chi connectivity index (χ1v) is 8.82. The maximum Gasteiger partial charge on any atom is 0.280 e. The molecule has 3 aromatic rings. The molecule has 0 aliphatic rings. The zero-order chi connectivity index (χ0) is 20.4. The molecule has 1 heterocycles. The van der Waals surface area contributed by atoms with Crippen LogP contribution in [-0.4, -0.2) is 26.5 Å². The van der Waals surface area contributed by atoms with Gasteiger partial charge in [-0.05, 0) is 63.1 Å². The largest absolute Gasteiger partial charge is 0.507 e. The zero-order valence-electron chi connectivity index (χ0n) is 16.2. The summed E-state index contributed by atoms with van der Waals surface area (Å²) >= 11 is 0. The molecular formula is C21H22N4O3. The van der Waals surface area contributed by atoms with E-state index in [-0.39, 0.29) is 16.9 Å². The fraction of sp³-hybridized carbons (Fsp3) is 0.190. The van der Waals surface area contributed by atoms with E-state index in [0.717, 1.165) is 16.8 Å². The van der Waals surface area contributed by atoms with Crippen LogP contribution in [0.4, 0.5) is 0 Å². The summed E-state index contributed by atoms with van der Waals surface area (Å²) in [5.74, 6) is -0.692. The van der Waals surface area contributed by atoms with Gasteiger partial charge in [-0.1, -0.05) is 18.2 Å². The van der Waals surface area contributed by atoms with Gasteiger partial charge in [0, 0.05) is 5.69 Å². The lowest BCUT2D eigenvalue weighted by Crippen LogP contribution is -2.23. The quantitative estimate of drug-likeness (QED) is 0.481. The molecule has 3 rings (SSSR count). The molecule has 0 aliphatic carbocycles. The summed E-state index contributed by atoms with van der Waals surface area (Å²) < 4.78 is 1.46. The Bertz CT molecular complexity index is 1140. The van der Waals surface area contributed by atoms with Gasteiger partial charge in [0.1, 0.15) is 5.75 Å². The molecule has 0 radical (unpaired) electrons. The lowest BCUT2D eigenvalue weighted by atomic mass is 10.1. The minimum atomic E-state index is -0.555. The predicted octanol–water partition coefficient (Wildman–Crippen LogP) is 2.95. The summed E-state index contributed by atoms with van der Waals surface area (Å²) in [5, 5.41) is 16.9. The summed E-state index contributed by atoms with van der Waals surface area (Å²) in [7, 11) is 0. The van der Waals surface area contributed by atoms with Gasteiger partial charge in [-0.15, -0.1) is 0 Å². The van der Waals surface area contributed by atoms with Gasteiger partial charge in [0.25, 0.3) is 11.5 Å². The van der Waals surface area contributed by atoms with Gasteiger partial charge < -0.3 is 5.11 Å². The number of carbonyl (C=O) groups is 1. The molecule has 28 heavy (non-hydrogen) atoms. The Morgan fingerprint density at radius 2 is 1.82 bits per heavy atom. The van der Waals surface area contributed by atoms with E-state index in [4.69, 9.17) is 0 Å². The number of hydrogen-bond acceptors (Lipinski definition) is 4. The van der Waals surface area contributed by atoms with E-state index in [0.29, 0.717) is 17.0 Å². The van der Waals surface area contributed by atoms with E-state index >= 15 is 0 Å². The first kappa shape index (κ1) is 19.2. The topological polar surface area (TPSA) is 99.5 Å². The summed E-state index contributed by atoms with van der Waals surface area (Å²) in [6.45, 7) is 7.42. The molecule has 2 aromatic carbocycles. The highest BCUT2D eigenvalue weighted by Gasteiger charge is 2.16. The Morgan fingerprint density at radius 1 is 1.11 bits per heavy atom. The zero-order valence-corrected chi connectivity index (χ0v) is 16.2. The lowest BCUT2D eigenvalue weighted by molar-refractivity contribution is 0.0952. The summed E-state index contributed by atoms with van der Waals surface area (Å²) in [6.07, 6.45) is 0. The third-order valence-corrected chi connectivity index (χ3v) is 4.66. The number of phenolic OH excluding ortho intramolecular Hbond substituents is 1. The van der Waals surface area contributed by atoms with E-state index in [2.05, 4.69) is 15.6 Å². The van der Waals surface area contributed by atoms with Crippen LogP contribution in [0.2, 0.25) is 0 Å². The number of amides is 1. The van der Waals surface area contributed by atoms with Gasteiger partial charge in [-0.3, -0.25) is 14.7 Å². The number of para-hydroxylation sites is 1. The number of hydrazone groups is 1.